The quantitative estimate of drug-likeness (QED) is 0.818. The first kappa shape index (κ1) is 18.3. The summed E-state index contributed by atoms with van der Waals surface area (Å²) in [6.45, 7) is 1.23. The van der Waals surface area contributed by atoms with Crippen molar-refractivity contribution >= 4 is 17.5 Å². The molecule has 0 N–H and O–H groups in total. The summed E-state index contributed by atoms with van der Waals surface area (Å²) in [6.07, 6.45) is 2.01. The number of likely N-dealkylation sites (tertiary alicyclic amines) is 1. The molecule has 1 saturated heterocycles. The van der Waals surface area contributed by atoms with E-state index in [0.29, 0.717) is 36.6 Å². The predicted molar refractivity (Wildman–Crippen MR) is 106 cm³/mol. The lowest BCUT2D eigenvalue weighted by atomic mass is 10.0. The van der Waals surface area contributed by atoms with Gasteiger partial charge in [0.15, 0.2) is 0 Å². The maximum atomic E-state index is 13.0. The van der Waals surface area contributed by atoms with E-state index in [9.17, 15) is 9.59 Å². The largest absolute Gasteiger partial charge is 0.497 e. The molecule has 0 radical (unpaired) electrons. The van der Waals surface area contributed by atoms with Gasteiger partial charge < -0.3 is 19.3 Å². The van der Waals surface area contributed by atoms with E-state index in [1.54, 1.807) is 32.4 Å². The Morgan fingerprint density at radius 3 is 2.50 bits per heavy atom. The molecule has 2 aromatic carbocycles. The number of amides is 2. The molecule has 0 aromatic heterocycles. The van der Waals surface area contributed by atoms with E-state index in [0.717, 1.165) is 24.1 Å². The minimum absolute atomic E-state index is 0.0499. The minimum atomic E-state index is -0.0499. The van der Waals surface area contributed by atoms with E-state index in [1.165, 1.54) is 0 Å². The van der Waals surface area contributed by atoms with E-state index < -0.39 is 0 Å². The van der Waals surface area contributed by atoms with Crippen LogP contribution < -0.4 is 14.4 Å². The summed E-state index contributed by atoms with van der Waals surface area (Å²) in [5.41, 5.74) is 2.65. The van der Waals surface area contributed by atoms with Gasteiger partial charge in [0.05, 0.1) is 26.2 Å². The number of carbonyl (C=O) groups excluding carboxylic acids is 2. The van der Waals surface area contributed by atoms with Crippen molar-refractivity contribution < 1.29 is 19.1 Å². The highest BCUT2D eigenvalue weighted by Gasteiger charge is 2.35. The van der Waals surface area contributed by atoms with Gasteiger partial charge in [0.25, 0.3) is 5.91 Å². The standard InChI is InChI=1S/C22H24N2O4/c1-27-17-7-8-18(20(14-17)28-2)22(26)23-11-9-16(10-12-23)24-19-6-4-3-5-15(19)13-21(24)25/h3-8,14,16H,9-13H2,1-2H3. The van der Waals surface area contributed by atoms with Crippen molar-refractivity contribution in [1.29, 1.82) is 0 Å². The van der Waals surface area contributed by atoms with Gasteiger partial charge in [0.1, 0.15) is 11.5 Å². The van der Waals surface area contributed by atoms with Crippen LogP contribution in [0.4, 0.5) is 5.69 Å². The van der Waals surface area contributed by atoms with Crippen molar-refractivity contribution in [3.8, 4) is 11.5 Å². The fourth-order valence-electron chi connectivity index (χ4n) is 4.15. The number of hydrogen-bond acceptors (Lipinski definition) is 4. The molecule has 2 aliphatic heterocycles. The van der Waals surface area contributed by atoms with Gasteiger partial charge in [-0.05, 0) is 36.6 Å². The fourth-order valence-corrected chi connectivity index (χ4v) is 4.15. The lowest BCUT2D eigenvalue weighted by molar-refractivity contribution is -0.118. The molecule has 0 atom stereocenters. The smallest absolute Gasteiger partial charge is 0.257 e. The van der Waals surface area contributed by atoms with Crippen molar-refractivity contribution in [3.05, 3.63) is 53.6 Å². The molecule has 4 rings (SSSR count). The van der Waals surface area contributed by atoms with Crippen molar-refractivity contribution in [1.82, 2.24) is 4.90 Å². The molecule has 0 spiro atoms. The number of nitrogens with zero attached hydrogens (tertiary/aromatic N) is 2. The van der Waals surface area contributed by atoms with Gasteiger partial charge in [0.2, 0.25) is 5.91 Å². The Kier molecular flexibility index (Phi) is 4.94. The topological polar surface area (TPSA) is 59.1 Å². The van der Waals surface area contributed by atoms with Crippen LogP contribution in [0, 0.1) is 0 Å². The van der Waals surface area contributed by atoms with Crippen molar-refractivity contribution in [2.45, 2.75) is 25.3 Å². The SMILES string of the molecule is COc1ccc(C(=O)N2CCC(N3C(=O)Cc4ccccc43)CC2)c(OC)c1. The predicted octanol–water partition coefficient (Wildman–Crippen LogP) is 2.90. The van der Waals surface area contributed by atoms with Crippen LogP contribution in [-0.4, -0.2) is 50.1 Å². The number of rotatable bonds is 4. The van der Waals surface area contributed by atoms with E-state index in [-0.39, 0.29) is 17.9 Å². The molecular weight excluding hydrogens is 356 g/mol. The number of fused-ring (bicyclic) bond motifs is 1. The number of anilines is 1. The zero-order valence-electron chi connectivity index (χ0n) is 16.2. The Balaban J connectivity index is 1.46. The summed E-state index contributed by atoms with van der Waals surface area (Å²) in [7, 11) is 3.13. The minimum Gasteiger partial charge on any atom is -0.497 e. The zero-order valence-corrected chi connectivity index (χ0v) is 16.2. The van der Waals surface area contributed by atoms with Gasteiger partial charge in [-0.15, -0.1) is 0 Å². The number of methoxy groups -OCH3 is 2. The van der Waals surface area contributed by atoms with Gasteiger partial charge in [0, 0.05) is 30.9 Å². The molecule has 2 aromatic rings. The molecule has 146 valence electrons. The Labute approximate surface area is 164 Å². The maximum absolute atomic E-state index is 13.0. The molecule has 2 heterocycles. The molecule has 0 aliphatic carbocycles. The second-order valence-corrected chi connectivity index (χ2v) is 7.16. The van der Waals surface area contributed by atoms with Gasteiger partial charge in [-0.1, -0.05) is 18.2 Å². The van der Waals surface area contributed by atoms with Gasteiger partial charge in [-0.2, -0.15) is 0 Å². The highest BCUT2D eigenvalue weighted by Crippen LogP contribution is 2.34. The molecule has 0 saturated carbocycles. The molecule has 0 bridgehead atoms. The van der Waals surface area contributed by atoms with Crippen LogP contribution in [0.25, 0.3) is 0 Å². The second-order valence-electron chi connectivity index (χ2n) is 7.16. The van der Waals surface area contributed by atoms with Crippen LogP contribution in [0.5, 0.6) is 11.5 Å². The third-order valence-corrected chi connectivity index (χ3v) is 5.62. The van der Waals surface area contributed by atoms with Crippen LogP contribution in [0.3, 0.4) is 0 Å². The molecule has 2 amide bonds. The van der Waals surface area contributed by atoms with E-state index in [1.807, 2.05) is 34.1 Å². The first-order chi connectivity index (χ1) is 13.6. The van der Waals surface area contributed by atoms with Crippen LogP contribution in [0.1, 0.15) is 28.8 Å². The number of carbonyl (C=O) groups is 2. The number of ether oxygens (including phenoxy) is 2. The third kappa shape index (κ3) is 3.19. The molecule has 28 heavy (non-hydrogen) atoms. The Morgan fingerprint density at radius 2 is 1.79 bits per heavy atom. The Bertz CT molecular complexity index is 903. The van der Waals surface area contributed by atoms with Gasteiger partial charge >= 0.3 is 0 Å². The first-order valence-corrected chi connectivity index (χ1v) is 9.53. The number of hydrogen-bond donors (Lipinski definition) is 0. The fraction of sp³-hybridized carbons (Fsp3) is 0.364. The normalized spacial score (nSPS) is 16.9. The summed E-state index contributed by atoms with van der Waals surface area (Å²) in [5.74, 6) is 1.27. The van der Waals surface area contributed by atoms with E-state index >= 15 is 0 Å². The van der Waals surface area contributed by atoms with Gasteiger partial charge in [-0.25, -0.2) is 0 Å². The van der Waals surface area contributed by atoms with Crippen LogP contribution >= 0.6 is 0 Å². The van der Waals surface area contributed by atoms with Crippen molar-refractivity contribution in [3.63, 3.8) is 0 Å². The molecule has 2 aliphatic rings. The summed E-state index contributed by atoms with van der Waals surface area (Å²) in [5, 5.41) is 0. The number of piperidine rings is 1. The van der Waals surface area contributed by atoms with E-state index in [4.69, 9.17) is 9.47 Å². The first-order valence-electron chi connectivity index (χ1n) is 9.53. The Hall–Kier alpha value is -3.02. The highest BCUT2D eigenvalue weighted by atomic mass is 16.5. The third-order valence-electron chi connectivity index (χ3n) is 5.62. The number of para-hydroxylation sites is 1. The van der Waals surface area contributed by atoms with Crippen molar-refractivity contribution in [2.75, 3.05) is 32.2 Å². The summed E-state index contributed by atoms with van der Waals surface area (Å²) >= 11 is 0. The summed E-state index contributed by atoms with van der Waals surface area (Å²) < 4.78 is 10.6. The highest BCUT2D eigenvalue weighted by molar-refractivity contribution is 6.02. The average molecular weight is 380 g/mol. The monoisotopic (exact) mass is 380 g/mol. The van der Waals surface area contributed by atoms with Crippen LogP contribution in [-0.2, 0) is 11.2 Å². The number of benzene rings is 2. The second kappa shape index (κ2) is 7.54. The molecule has 1 fully saturated rings. The molecule has 0 unspecified atom stereocenters. The summed E-state index contributed by atoms with van der Waals surface area (Å²) in [6, 6.07) is 13.3. The lowest BCUT2D eigenvalue weighted by Gasteiger charge is -2.37. The van der Waals surface area contributed by atoms with Gasteiger partial charge in [-0.3, -0.25) is 9.59 Å². The summed E-state index contributed by atoms with van der Waals surface area (Å²) in [4.78, 5) is 29.3. The zero-order chi connectivity index (χ0) is 19.7. The Morgan fingerprint density at radius 1 is 1.04 bits per heavy atom. The van der Waals surface area contributed by atoms with Crippen LogP contribution in [0.2, 0.25) is 0 Å². The van der Waals surface area contributed by atoms with E-state index in [2.05, 4.69) is 0 Å². The maximum Gasteiger partial charge on any atom is 0.257 e. The molecule has 6 nitrogen and oxygen atoms in total. The average Bonchev–Trinajstić information content (AvgIpc) is 3.08. The van der Waals surface area contributed by atoms with Crippen LogP contribution in [0.15, 0.2) is 42.5 Å². The molecule has 6 heteroatoms. The molecular formula is C22H24N2O4. The van der Waals surface area contributed by atoms with Crippen molar-refractivity contribution in [2.24, 2.45) is 0 Å². The lowest BCUT2D eigenvalue weighted by Crippen LogP contribution is -2.48.